The number of hydrogen-bond acceptors (Lipinski definition) is 7. The molecule has 3 aliphatic heterocycles. The fourth-order valence-electron chi connectivity index (χ4n) is 5.34. The number of carbonyl (C=O) groups is 1. The van der Waals surface area contributed by atoms with E-state index in [1.54, 1.807) is 6.33 Å². The Kier molecular flexibility index (Phi) is 7.58. The first kappa shape index (κ1) is 27.1. The van der Waals surface area contributed by atoms with Gasteiger partial charge >= 0.3 is 6.09 Å². The van der Waals surface area contributed by atoms with E-state index in [0.29, 0.717) is 38.3 Å². The molecule has 2 aromatic heterocycles. The van der Waals surface area contributed by atoms with Crippen LogP contribution in [0.3, 0.4) is 0 Å². The third kappa shape index (κ3) is 6.07. The van der Waals surface area contributed by atoms with Gasteiger partial charge in [0.15, 0.2) is 0 Å². The number of amides is 1. The first-order valence-electron chi connectivity index (χ1n) is 13.8. The van der Waals surface area contributed by atoms with Gasteiger partial charge in [0.25, 0.3) is 0 Å². The molecule has 38 heavy (non-hydrogen) atoms. The molecule has 9 nitrogen and oxygen atoms in total. The summed E-state index contributed by atoms with van der Waals surface area (Å²) in [4.78, 5) is 24.0. The van der Waals surface area contributed by atoms with Crippen LogP contribution in [0.5, 0.6) is 5.88 Å². The van der Waals surface area contributed by atoms with Gasteiger partial charge in [0.1, 0.15) is 30.4 Å². The molecule has 0 spiro atoms. The summed E-state index contributed by atoms with van der Waals surface area (Å²) in [5.41, 5.74) is 2.55. The highest BCUT2D eigenvalue weighted by atomic mass is 28.3. The standard InChI is InChI=1S/C28H42N4O5Si/c1-28(2,3)37-27(33)32-16-23(20-13-21(32)14-20)36-26-24-22(19-7-9-34-10-8-19)15-31(25(24)29-17-30-26)18-35-11-12-38(4,5)6/h7,15,17,20-21,23H,8-14,16,18H2,1-6H3. The molecule has 1 aliphatic carbocycles. The van der Waals surface area contributed by atoms with Gasteiger partial charge in [0.2, 0.25) is 5.88 Å². The van der Waals surface area contributed by atoms with Crippen molar-refractivity contribution in [2.75, 3.05) is 26.4 Å². The summed E-state index contributed by atoms with van der Waals surface area (Å²) >= 11 is 0. The molecule has 5 heterocycles. The quantitative estimate of drug-likeness (QED) is 0.329. The lowest BCUT2D eigenvalue weighted by atomic mass is 9.72. The highest BCUT2D eigenvalue weighted by Crippen LogP contribution is 2.43. The molecule has 208 valence electrons. The fourth-order valence-corrected chi connectivity index (χ4v) is 6.10. The van der Waals surface area contributed by atoms with Crippen molar-refractivity contribution in [3.63, 3.8) is 0 Å². The number of rotatable bonds is 8. The Hall–Kier alpha value is -2.43. The minimum atomic E-state index is -1.17. The van der Waals surface area contributed by atoms with Crippen LogP contribution in [-0.2, 0) is 20.9 Å². The Morgan fingerprint density at radius 3 is 2.68 bits per heavy atom. The monoisotopic (exact) mass is 542 g/mol. The molecule has 2 bridgehead atoms. The molecule has 3 fully saturated rings. The summed E-state index contributed by atoms with van der Waals surface area (Å²) in [5, 5.41) is 0.903. The van der Waals surface area contributed by atoms with Crippen molar-refractivity contribution < 1.29 is 23.7 Å². The normalized spacial score (nSPS) is 23.7. The number of aromatic nitrogens is 3. The van der Waals surface area contributed by atoms with Gasteiger partial charge in [0, 0.05) is 38.4 Å². The largest absolute Gasteiger partial charge is 0.472 e. The topological polar surface area (TPSA) is 87.9 Å². The molecule has 1 amide bonds. The summed E-state index contributed by atoms with van der Waals surface area (Å²) < 4.78 is 26.0. The van der Waals surface area contributed by atoms with E-state index in [-0.39, 0.29) is 18.2 Å². The van der Waals surface area contributed by atoms with E-state index in [0.717, 1.165) is 48.5 Å². The highest BCUT2D eigenvalue weighted by molar-refractivity contribution is 6.76. The second kappa shape index (κ2) is 10.6. The summed E-state index contributed by atoms with van der Waals surface area (Å²) in [6.45, 7) is 15.7. The van der Waals surface area contributed by atoms with Gasteiger partial charge in [-0.25, -0.2) is 14.8 Å². The molecule has 1 unspecified atom stereocenters. The molecule has 0 aromatic carbocycles. The van der Waals surface area contributed by atoms with Crippen LogP contribution in [0.2, 0.25) is 25.7 Å². The molecule has 4 aliphatic rings. The lowest BCUT2D eigenvalue weighted by Gasteiger charge is -2.52. The van der Waals surface area contributed by atoms with Crippen LogP contribution in [0.15, 0.2) is 18.6 Å². The van der Waals surface area contributed by atoms with Crippen molar-refractivity contribution in [1.82, 2.24) is 19.4 Å². The van der Waals surface area contributed by atoms with Gasteiger partial charge in [-0.3, -0.25) is 0 Å². The number of hydrogen-bond donors (Lipinski definition) is 0. The zero-order valence-corrected chi connectivity index (χ0v) is 24.7. The number of piperidine rings is 2. The Balaban J connectivity index is 1.40. The van der Waals surface area contributed by atoms with Gasteiger partial charge in [-0.05, 0) is 51.7 Å². The molecule has 2 aromatic rings. The smallest absolute Gasteiger partial charge is 0.410 e. The van der Waals surface area contributed by atoms with Crippen molar-refractivity contribution in [3.8, 4) is 5.88 Å². The highest BCUT2D eigenvalue weighted by Gasteiger charge is 2.49. The number of nitrogens with zero attached hydrogens (tertiary/aromatic N) is 4. The molecule has 2 saturated heterocycles. The number of ether oxygens (including phenoxy) is 4. The van der Waals surface area contributed by atoms with Crippen LogP contribution in [0, 0.1) is 5.92 Å². The van der Waals surface area contributed by atoms with Crippen molar-refractivity contribution in [2.24, 2.45) is 5.92 Å². The average Bonchev–Trinajstić information content (AvgIpc) is 3.19. The molecule has 0 N–H and O–H groups in total. The third-order valence-corrected chi connectivity index (χ3v) is 9.24. The maximum Gasteiger partial charge on any atom is 0.410 e. The first-order valence-corrected chi connectivity index (χ1v) is 17.5. The molecular formula is C28H42N4O5Si. The van der Waals surface area contributed by atoms with Crippen LogP contribution in [0.25, 0.3) is 16.6 Å². The zero-order chi connectivity index (χ0) is 27.1. The van der Waals surface area contributed by atoms with Crippen molar-refractivity contribution in [1.29, 1.82) is 0 Å². The van der Waals surface area contributed by atoms with Gasteiger partial charge in [-0.15, -0.1) is 0 Å². The summed E-state index contributed by atoms with van der Waals surface area (Å²) in [6.07, 6.45) is 8.09. The Morgan fingerprint density at radius 1 is 1.21 bits per heavy atom. The van der Waals surface area contributed by atoms with Crippen molar-refractivity contribution in [3.05, 3.63) is 24.2 Å². The third-order valence-electron chi connectivity index (χ3n) is 7.54. The van der Waals surface area contributed by atoms with E-state index in [1.165, 1.54) is 5.57 Å². The lowest BCUT2D eigenvalue weighted by molar-refractivity contribution is -0.0769. The van der Waals surface area contributed by atoms with E-state index in [9.17, 15) is 4.79 Å². The lowest BCUT2D eigenvalue weighted by Crippen LogP contribution is -2.62. The molecule has 6 rings (SSSR count). The van der Waals surface area contributed by atoms with Crippen LogP contribution < -0.4 is 4.74 Å². The van der Waals surface area contributed by atoms with E-state index in [2.05, 4.69) is 46.4 Å². The first-order chi connectivity index (χ1) is 18.0. The van der Waals surface area contributed by atoms with Gasteiger partial charge < -0.3 is 28.4 Å². The van der Waals surface area contributed by atoms with Gasteiger partial charge in [-0.1, -0.05) is 25.7 Å². The predicted molar refractivity (Wildman–Crippen MR) is 149 cm³/mol. The second-order valence-corrected chi connectivity index (χ2v) is 18.6. The summed E-state index contributed by atoms with van der Waals surface area (Å²) in [5.74, 6) is 0.971. The van der Waals surface area contributed by atoms with E-state index in [4.69, 9.17) is 18.9 Å². The van der Waals surface area contributed by atoms with E-state index >= 15 is 0 Å². The van der Waals surface area contributed by atoms with Crippen LogP contribution in [0.4, 0.5) is 4.79 Å². The second-order valence-electron chi connectivity index (χ2n) is 13.0. The zero-order valence-electron chi connectivity index (χ0n) is 23.7. The van der Waals surface area contributed by atoms with E-state index in [1.807, 2.05) is 25.7 Å². The molecule has 0 radical (unpaired) electrons. The average molecular weight is 543 g/mol. The molecule has 1 atom stereocenters. The molecule has 1 saturated carbocycles. The van der Waals surface area contributed by atoms with Gasteiger partial charge in [-0.2, -0.15) is 0 Å². The van der Waals surface area contributed by atoms with E-state index < -0.39 is 13.7 Å². The summed E-state index contributed by atoms with van der Waals surface area (Å²) in [7, 11) is -1.17. The van der Waals surface area contributed by atoms with Crippen molar-refractivity contribution >= 4 is 30.8 Å². The molecule has 10 heteroatoms. The summed E-state index contributed by atoms with van der Waals surface area (Å²) in [6, 6.07) is 1.35. The molecular weight excluding hydrogens is 500 g/mol. The Morgan fingerprint density at radius 2 is 2.00 bits per heavy atom. The Labute approximate surface area is 226 Å². The van der Waals surface area contributed by atoms with Crippen LogP contribution in [-0.4, -0.2) is 77.7 Å². The van der Waals surface area contributed by atoms with Crippen molar-refractivity contribution in [2.45, 2.75) is 90.2 Å². The minimum Gasteiger partial charge on any atom is -0.472 e. The van der Waals surface area contributed by atoms with Crippen LogP contribution >= 0.6 is 0 Å². The SMILES string of the molecule is CC(C)(C)OC(=O)N1CC(Oc2ncnc3c2c(C2=CCOCC2)cn3COCC[Si](C)(C)C)C2CC1C2. The maximum absolute atomic E-state index is 12.9. The Bertz CT molecular complexity index is 1190. The predicted octanol–water partition coefficient (Wildman–Crippen LogP) is 5.32. The maximum atomic E-state index is 12.9. The van der Waals surface area contributed by atoms with Gasteiger partial charge in [0.05, 0.1) is 25.1 Å². The fraction of sp³-hybridized carbons (Fsp3) is 0.679. The number of carbonyl (C=O) groups excluding carboxylic acids is 1. The van der Waals surface area contributed by atoms with Crippen LogP contribution in [0.1, 0.15) is 45.6 Å². The number of fused-ring (bicyclic) bond motifs is 3. The minimum absolute atomic E-state index is 0.140.